The van der Waals surface area contributed by atoms with Crippen LogP contribution in [-0.4, -0.2) is 29.5 Å². The molecule has 0 aliphatic rings. The van der Waals surface area contributed by atoms with Crippen LogP contribution in [0.3, 0.4) is 0 Å². The normalized spacial score (nSPS) is 10.9. The van der Waals surface area contributed by atoms with Crippen molar-refractivity contribution in [1.29, 1.82) is 0 Å². The Morgan fingerprint density at radius 3 is 2.70 bits per heavy atom. The maximum atomic E-state index is 12.6. The Morgan fingerprint density at radius 2 is 1.93 bits per heavy atom. The molecule has 0 saturated carbocycles. The Balaban J connectivity index is 1.57. The zero-order valence-electron chi connectivity index (χ0n) is 17.4. The minimum absolute atomic E-state index is 0.0511. The molecule has 1 amide bonds. The van der Waals surface area contributed by atoms with Crippen LogP contribution in [0.1, 0.15) is 16.8 Å². The van der Waals surface area contributed by atoms with E-state index in [2.05, 4.69) is 5.32 Å². The van der Waals surface area contributed by atoms with Crippen LogP contribution in [0.15, 0.2) is 48.0 Å². The third-order valence-corrected chi connectivity index (χ3v) is 6.07. The molecule has 30 heavy (non-hydrogen) atoms. The van der Waals surface area contributed by atoms with Gasteiger partial charge in [-0.15, -0.1) is 11.3 Å². The fourth-order valence-corrected chi connectivity index (χ4v) is 4.21. The van der Waals surface area contributed by atoms with Crippen LogP contribution >= 0.6 is 11.3 Å². The van der Waals surface area contributed by atoms with E-state index >= 15 is 0 Å². The molecule has 0 fully saturated rings. The first-order valence-corrected chi connectivity index (χ1v) is 10.4. The van der Waals surface area contributed by atoms with E-state index < -0.39 is 0 Å². The number of aromatic nitrogens is 2. The number of benzene rings is 2. The topological polar surface area (TPSA) is 64.9 Å². The second kappa shape index (κ2) is 8.20. The van der Waals surface area contributed by atoms with Gasteiger partial charge in [-0.05, 0) is 49.2 Å². The van der Waals surface area contributed by atoms with Crippen molar-refractivity contribution in [2.75, 3.05) is 19.5 Å². The van der Waals surface area contributed by atoms with Gasteiger partial charge < -0.3 is 14.8 Å². The number of rotatable bonds is 6. The summed E-state index contributed by atoms with van der Waals surface area (Å²) in [6, 6.07) is 11.6. The molecule has 0 saturated heterocycles. The smallest absolute Gasteiger partial charge is 0.230 e. The average molecular weight is 422 g/mol. The first kappa shape index (κ1) is 20.0. The molecule has 0 aliphatic heterocycles. The molecular formula is C23H23N3O3S. The lowest BCUT2D eigenvalue weighted by Gasteiger charge is -2.10. The van der Waals surface area contributed by atoms with Gasteiger partial charge in [-0.25, -0.2) is 4.98 Å². The number of amides is 1. The highest BCUT2D eigenvalue weighted by Crippen LogP contribution is 2.33. The molecule has 7 heteroatoms. The number of ether oxygens (including phenoxy) is 2. The molecule has 0 spiro atoms. The van der Waals surface area contributed by atoms with Crippen molar-refractivity contribution in [3.05, 3.63) is 64.8 Å². The van der Waals surface area contributed by atoms with Gasteiger partial charge >= 0.3 is 0 Å². The molecule has 0 unspecified atom stereocenters. The zero-order chi connectivity index (χ0) is 21.3. The number of nitrogens with one attached hydrogen (secondary N) is 1. The number of fused-ring (bicyclic) bond motifs is 1. The highest BCUT2D eigenvalue weighted by atomic mass is 32.1. The predicted molar refractivity (Wildman–Crippen MR) is 120 cm³/mol. The highest BCUT2D eigenvalue weighted by Gasteiger charge is 2.15. The van der Waals surface area contributed by atoms with Crippen molar-refractivity contribution in [1.82, 2.24) is 9.38 Å². The van der Waals surface area contributed by atoms with Crippen LogP contribution in [0.5, 0.6) is 11.5 Å². The van der Waals surface area contributed by atoms with Crippen molar-refractivity contribution in [3.63, 3.8) is 0 Å². The van der Waals surface area contributed by atoms with Gasteiger partial charge in [-0.2, -0.15) is 0 Å². The Morgan fingerprint density at radius 1 is 1.13 bits per heavy atom. The second-order valence-electron chi connectivity index (χ2n) is 7.05. The summed E-state index contributed by atoms with van der Waals surface area (Å²) in [4.78, 5) is 18.2. The van der Waals surface area contributed by atoms with Crippen LogP contribution in [0.4, 0.5) is 5.69 Å². The van der Waals surface area contributed by atoms with E-state index in [0.717, 1.165) is 38.7 Å². The lowest BCUT2D eigenvalue weighted by molar-refractivity contribution is -0.115. The first-order chi connectivity index (χ1) is 14.5. The summed E-state index contributed by atoms with van der Waals surface area (Å²) in [5, 5.41) is 5.00. The molecule has 2 heterocycles. The number of nitrogens with zero attached hydrogens (tertiary/aromatic N) is 2. The quantitative estimate of drug-likeness (QED) is 0.482. The number of thiazole rings is 1. The molecule has 4 rings (SSSR count). The van der Waals surface area contributed by atoms with Gasteiger partial charge in [0.05, 0.1) is 26.3 Å². The molecule has 0 bridgehead atoms. The van der Waals surface area contributed by atoms with Crippen molar-refractivity contribution in [2.45, 2.75) is 20.3 Å². The second-order valence-corrected chi connectivity index (χ2v) is 7.88. The lowest BCUT2D eigenvalue weighted by atomic mass is 10.1. The van der Waals surface area contributed by atoms with Crippen molar-refractivity contribution in [2.24, 2.45) is 0 Å². The number of anilines is 1. The minimum atomic E-state index is -0.0511. The molecular weight excluding hydrogens is 398 g/mol. The van der Waals surface area contributed by atoms with Crippen molar-refractivity contribution >= 4 is 27.9 Å². The van der Waals surface area contributed by atoms with E-state index in [4.69, 9.17) is 14.5 Å². The van der Waals surface area contributed by atoms with Gasteiger partial charge in [0, 0.05) is 28.5 Å². The number of hydrogen-bond acceptors (Lipinski definition) is 5. The third-order valence-electron chi connectivity index (χ3n) is 5.18. The summed E-state index contributed by atoms with van der Waals surface area (Å²) in [6.07, 6.45) is 2.22. The van der Waals surface area contributed by atoms with Crippen LogP contribution < -0.4 is 14.8 Å². The molecule has 6 nitrogen and oxygen atoms in total. The summed E-state index contributed by atoms with van der Waals surface area (Å²) >= 11 is 1.52. The number of aryl methyl sites for hydroxylation is 1. The molecule has 2 aromatic heterocycles. The monoisotopic (exact) mass is 421 g/mol. The predicted octanol–water partition coefficient (Wildman–Crippen LogP) is 4.88. The maximum Gasteiger partial charge on any atom is 0.230 e. The van der Waals surface area contributed by atoms with Crippen LogP contribution in [0, 0.1) is 13.8 Å². The number of carbonyl (C=O) groups excluding carboxylic acids is 1. The molecule has 0 radical (unpaired) electrons. The van der Waals surface area contributed by atoms with E-state index in [9.17, 15) is 4.79 Å². The van der Waals surface area contributed by atoms with E-state index in [0.29, 0.717) is 11.5 Å². The van der Waals surface area contributed by atoms with E-state index in [1.165, 1.54) is 11.3 Å². The van der Waals surface area contributed by atoms with Gasteiger partial charge in [0.2, 0.25) is 5.91 Å². The summed E-state index contributed by atoms with van der Waals surface area (Å²) < 4.78 is 12.7. The Hall–Kier alpha value is -3.32. The van der Waals surface area contributed by atoms with E-state index in [-0.39, 0.29) is 12.3 Å². The van der Waals surface area contributed by atoms with Gasteiger partial charge in [-0.1, -0.05) is 12.1 Å². The Kier molecular flexibility index (Phi) is 5.46. The lowest BCUT2D eigenvalue weighted by Crippen LogP contribution is -2.16. The molecule has 0 atom stereocenters. The highest BCUT2D eigenvalue weighted by molar-refractivity contribution is 7.15. The van der Waals surface area contributed by atoms with Gasteiger partial charge in [0.25, 0.3) is 0 Å². The van der Waals surface area contributed by atoms with Crippen molar-refractivity contribution < 1.29 is 14.3 Å². The zero-order valence-corrected chi connectivity index (χ0v) is 18.2. The summed E-state index contributed by atoms with van der Waals surface area (Å²) in [7, 11) is 3.22. The summed E-state index contributed by atoms with van der Waals surface area (Å²) in [5.41, 5.74) is 5.73. The van der Waals surface area contributed by atoms with Crippen molar-refractivity contribution in [3.8, 4) is 22.8 Å². The van der Waals surface area contributed by atoms with Crippen LogP contribution in [-0.2, 0) is 11.2 Å². The van der Waals surface area contributed by atoms with Gasteiger partial charge in [0.1, 0.15) is 0 Å². The number of carbonyl (C=O) groups is 1. The number of methoxy groups -OCH3 is 2. The number of hydrogen-bond donors (Lipinski definition) is 1. The Bertz CT molecular complexity index is 1230. The standard InChI is InChI=1S/C23H23N3O3S/c1-14-6-5-7-18(15(14)2)24-22(27)11-17-13-30-23-25-19(12-26(17)23)16-8-9-20(28-3)21(10-16)29-4/h5-10,12-13H,11H2,1-4H3,(H,24,27). The van der Waals surface area contributed by atoms with Gasteiger partial charge in [-0.3, -0.25) is 9.20 Å². The molecule has 1 N–H and O–H groups in total. The SMILES string of the molecule is COc1ccc(-c2cn3c(CC(=O)Nc4cccc(C)c4C)csc3n2)cc1OC. The summed E-state index contributed by atoms with van der Waals surface area (Å²) in [6.45, 7) is 4.05. The van der Waals surface area contributed by atoms with E-state index in [1.54, 1.807) is 14.2 Å². The fraction of sp³-hybridized carbons (Fsp3) is 0.217. The summed E-state index contributed by atoms with van der Waals surface area (Å²) in [5.74, 6) is 1.27. The largest absolute Gasteiger partial charge is 0.493 e. The fourth-order valence-electron chi connectivity index (χ4n) is 3.34. The molecule has 154 valence electrons. The Labute approximate surface area is 179 Å². The van der Waals surface area contributed by atoms with Gasteiger partial charge in [0.15, 0.2) is 16.5 Å². The third kappa shape index (κ3) is 3.76. The van der Waals surface area contributed by atoms with Crippen LogP contribution in [0.25, 0.3) is 16.2 Å². The molecule has 2 aromatic carbocycles. The number of imidazole rings is 1. The minimum Gasteiger partial charge on any atom is -0.493 e. The first-order valence-electron chi connectivity index (χ1n) is 9.54. The van der Waals surface area contributed by atoms with Crippen LogP contribution in [0.2, 0.25) is 0 Å². The molecule has 4 aromatic rings. The van der Waals surface area contributed by atoms with E-state index in [1.807, 2.05) is 66.2 Å². The molecule has 0 aliphatic carbocycles. The maximum absolute atomic E-state index is 12.6. The average Bonchev–Trinajstić information content (AvgIpc) is 3.33.